The highest BCUT2D eigenvalue weighted by Gasteiger charge is 2.49. The molecule has 2 rings (SSSR count). The number of fused-ring (bicyclic) bond motifs is 1. The minimum atomic E-state index is -2.40. The largest absolute Gasteiger partial charge is 0.478 e. The fraction of sp³-hybridized carbons (Fsp3) is 0.357. The van der Waals surface area contributed by atoms with Crippen LogP contribution < -0.4 is 0 Å². The number of amides is 2. The van der Waals surface area contributed by atoms with E-state index in [4.69, 9.17) is 4.84 Å². The van der Waals surface area contributed by atoms with Gasteiger partial charge < -0.3 is 15.3 Å². The zero-order valence-corrected chi connectivity index (χ0v) is 13.2. The Bertz CT molecular complexity index is 640. The summed E-state index contributed by atoms with van der Waals surface area (Å²) in [5, 5.41) is 26.6. The second kappa shape index (κ2) is 5.93. The Labute approximate surface area is 135 Å². The summed E-state index contributed by atoms with van der Waals surface area (Å²) >= 11 is 0.170. The number of nitrogens with zero attached hydrogens (tertiary/aromatic N) is 1. The number of carbonyl (C=O) groups is 3. The number of thioether (sulfide) groups is 1. The normalized spacial score (nSPS) is 17.1. The number of carboxylic acids is 1. The van der Waals surface area contributed by atoms with Crippen LogP contribution in [0.1, 0.15) is 41.0 Å². The van der Waals surface area contributed by atoms with Crippen LogP contribution in [-0.2, 0) is 9.63 Å². The highest BCUT2D eigenvalue weighted by atomic mass is 32.2. The lowest BCUT2D eigenvalue weighted by Gasteiger charge is -2.32. The molecule has 124 valence electrons. The van der Waals surface area contributed by atoms with Gasteiger partial charge in [0.2, 0.25) is 10.1 Å². The molecule has 0 saturated carbocycles. The molecule has 8 nitrogen and oxygen atoms in total. The molecule has 0 aliphatic carbocycles. The third-order valence-corrected chi connectivity index (χ3v) is 4.48. The van der Waals surface area contributed by atoms with E-state index in [1.807, 2.05) is 0 Å². The van der Waals surface area contributed by atoms with Crippen LogP contribution in [0.25, 0.3) is 0 Å². The van der Waals surface area contributed by atoms with Gasteiger partial charge in [-0.1, -0.05) is 19.1 Å². The van der Waals surface area contributed by atoms with E-state index in [0.29, 0.717) is 5.06 Å². The second-order valence-corrected chi connectivity index (χ2v) is 6.63. The van der Waals surface area contributed by atoms with Gasteiger partial charge in [-0.25, -0.2) is 9.63 Å². The Hall–Kier alpha value is -1.94. The van der Waals surface area contributed by atoms with E-state index in [1.165, 1.54) is 19.1 Å². The van der Waals surface area contributed by atoms with Crippen LogP contribution in [0, 0.1) is 0 Å². The molecule has 1 aliphatic heterocycles. The first-order valence-electron chi connectivity index (χ1n) is 6.66. The molecule has 0 aromatic heterocycles. The number of imide groups is 1. The summed E-state index contributed by atoms with van der Waals surface area (Å²) in [5.41, 5.74) is 0.176. The van der Waals surface area contributed by atoms with Gasteiger partial charge >= 0.3 is 5.97 Å². The van der Waals surface area contributed by atoms with Crippen LogP contribution in [0.15, 0.2) is 24.3 Å². The number of hydroxylamine groups is 2. The molecule has 3 N–H and O–H groups in total. The lowest BCUT2D eigenvalue weighted by molar-refractivity contribution is -0.182. The summed E-state index contributed by atoms with van der Waals surface area (Å²) in [5.74, 6) is -3.19. The molecule has 0 radical (unpaired) electrons. The van der Waals surface area contributed by atoms with Gasteiger partial charge in [-0.2, -0.15) is 0 Å². The predicted molar refractivity (Wildman–Crippen MR) is 79.1 cm³/mol. The van der Waals surface area contributed by atoms with Crippen LogP contribution in [0.2, 0.25) is 0 Å². The van der Waals surface area contributed by atoms with Crippen molar-refractivity contribution in [2.24, 2.45) is 0 Å². The maximum absolute atomic E-state index is 12.2. The number of carbonyl (C=O) groups excluding carboxylic acids is 2. The lowest BCUT2D eigenvalue weighted by Crippen LogP contribution is -2.47. The maximum Gasteiger partial charge on any atom is 0.349 e. The zero-order valence-electron chi connectivity index (χ0n) is 12.3. The van der Waals surface area contributed by atoms with E-state index in [-0.39, 0.29) is 29.3 Å². The first-order chi connectivity index (χ1) is 10.6. The molecule has 0 saturated heterocycles. The fourth-order valence-corrected chi connectivity index (χ4v) is 2.88. The number of aliphatic carboxylic acids is 1. The van der Waals surface area contributed by atoms with Crippen molar-refractivity contribution in [1.29, 1.82) is 0 Å². The minimum absolute atomic E-state index is 0.0880. The van der Waals surface area contributed by atoms with Gasteiger partial charge in [0.1, 0.15) is 0 Å². The van der Waals surface area contributed by atoms with Crippen LogP contribution in [0.3, 0.4) is 0 Å². The van der Waals surface area contributed by atoms with E-state index in [2.05, 4.69) is 0 Å². The van der Waals surface area contributed by atoms with Crippen LogP contribution >= 0.6 is 11.8 Å². The minimum Gasteiger partial charge on any atom is -0.478 e. The van der Waals surface area contributed by atoms with E-state index in [0.717, 1.165) is 6.92 Å². The number of rotatable bonds is 6. The van der Waals surface area contributed by atoms with Crippen molar-refractivity contribution in [3.8, 4) is 0 Å². The van der Waals surface area contributed by atoms with Crippen molar-refractivity contribution >= 4 is 29.5 Å². The smallest absolute Gasteiger partial charge is 0.349 e. The van der Waals surface area contributed by atoms with Gasteiger partial charge in [0.05, 0.1) is 11.1 Å². The van der Waals surface area contributed by atoms with Gasteiger partial charge in [0.15, 0.2) is 0 Å². The van der Waals surface area contributed by atoms with Gasteiger partial charge in [0.25, 0.3) is 11.8 Å². The van der Waals surface area contributed by atoms with Crippen molar-refractivity contribution in [2.75, 3.05) is 0 Å². The summed E-state index contributed by atoms with van der Waals surface area (Å²) in [6, 6.07) is 5.95. The molecule has 0 fully saturated rings. The first kappa shape index (κ1) is 17.4. The van der Waals surface area contributed by atoms with Crippen molar-refractivity contribution < 1.29 is 34.5 Å². The molecule has 1 aliphatic rings. The monoisotopic (exact) mass is 341 g/mol. The second-order valence-electron chi connectivity index (χ2n) is 4.99. The lowest BCUT2D eigenvalue weighted by atomic mass is 10.1. The van der Waals surface area contributed by atoms with Gasteiger partial charge in [0, 0.05) is 6.42 Å². The molecule has 2 amide bonds. The Morgan fingerprint density at radius 3 is 2.09 bits per heavy atom. The molecule has 1 aromatic rings. The van der Waals surface area contributed by atoms with Crippen LogP contribution in [0.4, 0.5) is 0 Å². The highest BCUT2D eigenvalue weighted by molar-refractivity contribution is 8.02. The molecule has 0 spiro atoms. The van der Waals surface area contributed by atoms with Crippen LogP contribution in [0.5, 0.6) is 0 Å². The average molecular weight is 341 g/mol. The summed E-state index contributed by atoms with van der Waals surface area (Å²) in [6.45, 7) is 2.46. The molecule has 23 heavy (non-hydrogen) atoms. The molecule has 9 heteroatoms. The van der Waals surface area contributed by atoms with Crippen molar-refractivity contribution in [2.45, 2.75) is 30.3 Å². The van der Waals surface area contributed by atoms with Crippen molar-refractivity contribution in [3.05, 3.63) is 35.4 Å². The SMILES string of the molecule is CCC(O)(O)SC(C)(ON1C(=O)c2ccccc2C1=O)C(=O)O. The van der Waals surface area contributed by atoms with E-state index in [1.54, 1.807) is 12.1 Å². The summed E-state index contributed by atoms with van der Waals surface area (Å²) in [4.78, 5) is 38.7. The molecular weight excluding hydrogens is 326 g/mol. The number of carboxylic acid groups (broad SMARTS) is 1. The Balaban J connectivity index is 2.31. The quantitative estimate of drug-likeness (QED) is 0.512. The maximum atomic E-state index is 12.2. The van der Waals surface area contributed by atoms with Crippen molar-refractivity contribution in [3.63, 3.8) is 0 Å². The third kappa shape index (κ3) is 3.22. The summed E-state index contributed by atoms with van der Waals surface area (Å²) in [7, 11) is 0. The van der Waals surface area contributed by atoms with Gasteiger partial charge in [-0.15, -0.1) is 5.06 Å². The van der Waals surface area contributed by atoms with E-state index < -0.39 is 27.8 Å². The Kier molecular flexibility index (Phi) is 4.49. The molecule has 1 atom stereocenters. The van der Waals surface area contributed by atoms with Gasteiger partial charge in [-0.3, -0.25) is 9.59 Å². The average Bonchev–Trinajstić information content (AvgIpc) is 2.72. The van der Waals surface area contributed by atoms with Crippen molar-refractivity contribution in [1.82, 2.24) is 5.06 Å². The summed E-state index contributed by atoms with van der Waals surface area (Å²) < 4.78 is 0. The predicted octanol–water partition coefficient (Wildman–Crippen LogP) is 0.797. The number of hydrogen-bond donors (Lipinski definition) is 3. The van der Waals surface area contributed by atoms with E-state index in [9.17, 15) is 29.7 Å². The molecule has 1 aromatic carbocycles. The summed E-state index contributed by atoms with van der Waals surface area (Å²) in [6.07, 6.45) is -0.188. The molecule has 1 heterocycles. The molecular formula is C14H15NO7S. The molecule has 0 bridgehead atoms. The van der Waals surface area contributed by atoms with E-state index >= 15 is 0 Å². The number of hydrogen-bond acceptors (Lipinski definition) is 7. The highest BCUT2D eigenvalue weighted by Crippen LogP contribution is 2.39. The molecule has 1 unspecified atom stereocenters. The zero-order chi connectivity index (χ0) is 17.4. The first-order valence-corrected chi connectivity index (χ1v) is 7.48. The third-order valence-electron chi connectivity index (χ3n) is 3.23. The number of aliphatic hydroxyl groups is 2. The Morgan fingerprint density at radius 1 is 1.22 bits per heavy atom. The van der Waals surface area contributed by atoms with Crippen LogP contribution in [-0.4, -0.2) is 48.2 Å². The number of benzene rings is 1. The Morgan fingerprint density at radius 2 is 1.70 bits per heavy atom. The fourth-order valence-electron chi connectivity index (χ4n) is 1.91. The topological polar surface area (TPSA) is 124 Å². The van der Waals surface area contributed by atoms with Gasteiger partial charge in [-0.05, 0) is 30.8 Å². The standard InChI is InChI=1S/C14H15NO7S/c1-3-14(20,21)23-13(2,12(18)19)22-15-10(16)8-6-4-5-7-9(8)11(15)17/h4-7,20-21H,3H2,1-2H3,(H,18,19).